The summed E-state index contributed by atoms with van der Waals surface area (Å²) in [4.78, 5) is 13.4. The van der Waals surface area contributed by atoms with E-state index in [1.807, 2.05) is 6.92 Å². The second-order valence-corrected chi connectivity index (χ2v) is 4.67. The summed E-state index contributed by atoms with van der Waals surface area (Å²) in [5.74, 6) is -0.627. The van der Waals surface area contributed by atoms with Crippen LogP contribution in [0, 0.1) is 5.41 Å². The number of carboxylic acids is 1. The Bertz CT molecular complexity index is 225. The first-order valence-corrected chi connectivity index (χ1v) is 5.09. The van der Waals surface area contributed by atoms with E-state index < -0.39 is 11.4 Å². The van der Waals surface area contributed by atoms with Crippen LogP contribution in [0.25, 0.3) is 0 Å². The molecule has 74 valence electrons. The maximum atomic E-state index is 11.0. The molecule has 3 nitrogen and oxygen atoms in total. The summed E-state index contributed by atoms with van der Waals surface area (Å²) in [5, 5.41) is 9.09. The van der Waals surface area contributed by atoms with Crippen LogP contribution in [0.2, 0.25) is 0 Å². The van der Waals surface area contributed by atoms with E-state index in [1.165, 1.54) is 12.8 Å². The molecule has 0 spiro atoms. The largest absolute Gasteiger partial charge is 0.481 e. The average Bonchev–Trinajstić information content (AvgIpc) is 2.86. The van der Waals surface area contributed by atoms with E-state index in [4.69, 9.17) is 5.11 Å². The molecule has 1 atom stereocenters. The maximum Gasteiger partial charge on any atom is 0.310 e. The Hall–Kier alpha value is -0.570. The monoisotopic (exact) mass is 183 g/mol. The third-order valence-electron chi connectivity index (χ3n) is 3.31. The molecule has 0 bridgehead atoms. The van der Waals surface area contributed by atoms with Crippen molar-refractivity contribution in [3.05, 3.63) is 0 Å². The van der Waals surface area contributed by atoms with Gasteiger partial charge in [0.25, 0.3) is 0 Å². The second kappa shape index (κ2) is 2.98. The van der Waals surface area contributed by atoms with Gasteiger partial charge in [0, 0.05) is 12.6 Å². The van der Waals surface area contributed by atoms with Crippen molar-refractivity contribution in [2.24, 2.45) is 5.41 Å². The zero-order chi connectivity index (χ0) is 9.47. The predicted octanol–water partition coefficient (Wildman–Crippen LogP) is 1.34. The quantitative estimate of drug-likeness (QED) is 0.702. The van der Waals surface area contributed by atoms with Gasteiger partial charge in [-0.2, -0.15) is 0 Å². The Labute approximate surface area is 78.7 Å². The van der Waals surface area contributed by atoms with Crippen LogP contribution in [0.15, 0.2) is 0 Å². The Kier molecular flexibility index (Phi) is 2.06. The Morgan fingerprint density at radius 2 is 2.23 bits per heavy atom. The number of rotatable bonds is 2. The SMILES string of the molecule is CC1(C(=O)O)CCCN(C2CC2)C1. The lowest BCUT2D eigenvalue weighted by Crippen LogP contribution is -2.46. The van der Waals surface area contributed by atoms with Crippen molar-refractivity contribution >= 4 is 5.97 Å². The normalized spacial score (nSPS) is 36.1. The van der Waals surface area contributed by atoms with Gasteiger partial charge in [0.1, 0.15) is 0 Å². The van der Waals surface area contributed by atoms with E-state index in [0.29, 0.717) is 6.04 Å². The Morgan fingerprint density at radius 1 is 1.54 bits per heavy atom. The number of carbonyl (C=O) groups is 1. The molecule has 1 N–H and O–H groups in total. The summed E-state index contributed by atoms with van der Waals surface area (Å²) in [6, 6.07) is 0.707. The summed E-state index contributed by atoms with van der Waals surface area (Å²) in [5.41, 5.74) is -0.485. The van der Waals surface area contributed by atoms with Gasteiger partial charge in [0.2, 0.25) is 0 Å². The molecule has 0 radical (unpaired) electrons. The minimum atomic E-state index is -0.627. The van der Waals surface area contributed by atoms with Crippen LogP contribution >= 0.6 is 0 Å². The van der Waals surface area contributed by atoms with Gasteiger partial charge < -0.3 is 5.11 Å². The number of aliphatic carboxylic acids is 1. The van der Waals surface area contributed by atoms with Crippen molar-refractivity contribution < 1.29 is 9.90 Å². The molecule has 0 amide bonds. The lowest BCUT2D eigenvalue weighted by Gasteiger charge is -2.37. The Morgan fingerprint density at radius 3 is 2.77 bits per heavy atom. The predicted molar refractivity (Wildman–Crippen MR) is 49.6 cm³/mol. The molecule has 3 heteroatoms. The molecule has 0 aromatic carbocycles. The number of nitrogens with zero attached hydrogens (tertiary/aromatic N) is 1. The van der Waals surface area contributed by atoms with Gasteiger partial charge in [-0.05, 0) is 39.2 Å². The van der Waals surface area contributed by atoms with Gasteiger partial charge in [-0.3, -0.25) is 9.69 Å². The van der Waals surface area contributed by atoms with Crippen LogP contribution in [-0.4, -0.2) is 35.1 Å². The zero-order valence-corrected chi connectivity index (χ0v) is 8.12. The van der Waals surface area contributed by atoms with Crippen LogP contribution < -0.4 is 0 Å². The summed E-state index contributed by atoms with van der Waals surface area (Å²) in [6.45, 7) is 3.74. The topological polar surface area (TPSA) is 40.5 Å². The number of carboxylic acid groups (broad SMARTS) is 1. The highest BCUT2D eigenvalue weighted by atomic mass is 16.4. The number of likely N-dealkylation sites (tertiary alicyclic amines) is 1. The van der Waals surface area contributed by atoms with Crippen molar-refractivity contribution in [3.63, 3.8) is 0 Å². The van der Waals surface area contributed by atoms with Crippen LogP contribution in [-0.2, 0) is 4.79 Å². The third-order valence-corrected chi connectivity index (χ3v) is 3.31. The van der Waals surface area contributed by atoms with Gasteiger partial charge in [-0.25, -0.2) is 0 Å². The van der Waals surface area contributed by atoms with Crippen LogP contribution in [0.5, 0.6) is 0 Å². The molecule has 2 rings (SSSR count). The fraction of sp³-hybridized carbons (Fsp3) is 0.900. The van der Waals surface area contributed by atoms with Gasteiger partial charge in [-0.15, -0.1) is 0 Å². The summed E-state index contributed by atoms with van der Waals surface area (Å²) in [6.07, 6.45) is 4.43. The Balaban J connectivity index is 2.01. The van der Waals surface area contributed by atoms with Crippen molar-refractivity contribution in [2.75, 3.05) is 13.1 Å². The minimum absolute atomic E-state index is 0.485. The number of piperidine rings is 1. The van der Waals surface area contributed by atoms with E-state index in [0.717, 1.165) is 25.9 Å². The third kappa shape index (κ3) is 1.70. The van der Waals surface area contributed by atoms with Gasteiger partial charge in [0.05, 0.1) is 5.41 Å². The van der Waals surface area contributed by atoms with E-state index in [9.17, 15) is 4.79 Å². The highest BCUT2D eigenvalue weighted by Gasteiger charge is 2.41. The molecule has 2 fully saturated rings. The maximum absolute atomic E-state index is 11.0. The molecule has 1 saturated carbocycles. The minimum Gasteiger partial charge on any atom is -0.481 e. The average molecular weight is 183 g/mol. The van der Waals surface area contributed by atoms with Gasteiger partial charge >= 0.3 is 5.97 Å². The summed E-state index contributed by atoms with van der Waals surface area (Å²) < 4.78 is 0. The summed E-state index contributed by atoms with van der Waals surface area (Å²) >= 11 is 0. The molecule has 1 unspecified atom stereocenters. The van der Waals surface area contributed by atoms with E-state index >= 15 is 0 Å². The van der Waals surface area contributed by atoms with Gasteiger partial charge in [0.15, 0.2) is 0 Å². The molecule has 0 aromatic heterocycles. The molecule has 1 saturated heterocycles. The highest BCUT2D eigenvalue weighted by molar-refractivity contribution is 5.74. The molecule has 2 aliphatic rings. The zero-order valence-electron chi connectivity index (χ0n) is 8.12. The molecular formula is C10H17NO2. The molecule has 1 heterocycles. The number of hydrogen-bond acceptors (Lipinski definition) is 2. The lowest BCUT2D eigenvalue weighted by molar-refractivity contribution is -0.151. The van der Waals surface area contributed by atoms with Crippen molar-refractivity contribution in [1.29, 1.82) is 0 Å². The lowest BCUT2D eigenvalue weighted by atomic mass is 9.82. The standard InChI is InChI=1S/C10H17NO2/c1-10(9(12)13)5-2-6-11(7-10)8-3-4-8/h8H,2-7H2,1H3,(H,12,13). The van der Waals surface area contributed by atoms with Gasteiger partial charge in [-0.1, -0.05) is 0 Å². The first-order chi connectivity index (χ1) is 6.12. The van der Waals surface area contributed by atoms with Crippen LogP contribution in [0.3, 0.4) is 0 Å². The molecule has 1 aliphatic carbocycles. The van der Waals surface area contributed by atoms with Crippen LogP contribution in [0.1, 0.15) is 32.6 Å². The second-order valence-electron chi connectivity index (χ2n) is 4.67. The van der Waals surface area contributed by atoms with Crippen molar-refractivity contribution in [1.82, 2.24) is 4.90 Å². The van der Waals surface area contributed by atoms with E-state index in [-0.39, 0.29) is 0 Å². The van der Waals surface area contributed by atoms with E-state index in [2.05, 4.69) is 4.90 Å². The smallest absolute Gasteiger partial charge is 0.310 e. The van der Waals surface area contributed by atoms with Crippen molar-refractivity contribution in [2.45, 2.75) is 38.6 Å². The molecule has 13 heavy (non-hydrogen) atoms. The first-order valence-electron chi connectivity index (χ1n) is 5.09. The highest BCUT2D eigenvalue weighted by Crippen LogP contribution is 2.36. The fourth-order valence-corrected chi connectivity index (χ4v) is 2.20. The van der Waals surface area contributed by atoms with Crippen molar-refractivity contribution in [3.8, 4) is 0 Å². The fourth-order valence-electron chi connectivity index (χ4n) is 2.20. The molecule has 1 aliphatic heterocycles. The van der Waals surface area contributed by atoms with E-state index in [1.54, 1.807) is 0 Å². The number of hydrogen-bond donors (Lipinski definition) is 1. The first kappa shape index (κ1) is 9.00. The molecule has 0 aromatic rings. The summed E-state index contributed by atoms with van der Waals surface area (Å²) in [7, 11) is 0. The van der Waals surface area contributed by atoms with Crippen LogP contribution in [0.4, 0.5) is 0 Å². The molecular weight excluding hydrogens is 166 g/mol.